The number of pyridine rings is 1. The zero-order chi connectivity index (χ0) is 11.5. The van der Waals surface area contributed by atoms with Crippen LogP contribution in [-0.4, -0.2) is 4.98 Å². The van der Waals surface area contributed by atoms with Gasteiger partial charge in [-0.25, -0.2) is 0 Å². The third-order valence-electron chi connectivity index (χ3n) is 3.97. The van der Waals surface area contributed by atoms with Crippen molar-refractivity contribution in [1.29, 1.82) is 0 Å². The summed E-state index contributed by atoms with van der Waals surface area (Å²) in [6.07, 6.45) is 5.39. The predicted octanol–water partition coefficient (Wildman–Crippen LogP) is 4.00. The number of rotatable bonds is 4. The molecule has 1 heterocycles. The fourth-order valence-corrected chi connectivity index (χ4v) is 2.66. The van der Waals surface area contributed by atoms with Crippen molar-refractivity contribution in [3.63, 3.8) is 0 Å². The molecule has 1 aromatic rings. The van der Waals surface area contributed by atoms with Crippen molar-refractivity contribution < 1.29 is 0 Å². The molecule has 0 spiro atoms. The molecule has 16 heavy (non-hydrogen) atoms. The van der Waals surface area contributed by atoms with Gasteiger partial charge < -0.3 is 0 Å². The minimum atomic E-state index is 0.883. The molecule has 1 fully saturated rings. The highest BCUT2D eigenvalue weighted by Gasteiger charge is 2.30. The first-order valence-corrected chi connectivity index (χ1v) is 6.57. The highest BCUT2D eigenvalue weighted by Crippen LogP contribution is 2.40. The second-order valence-corrected chi connectivity index (χ2v) is 5.65. The van der Waals surface area contributed by atoms with Gasteiger partial charge in [-0.15, -0.1) is 0 Å². The van der Waals surface area contributed by atoms with Gasteiger partial charge in [0, 0.05) is 11.4 Å². The van der Waals surface area contributed by atoms with Gasteiger partial charge in [0.2, 0.25) is 0 Å². The summed E-state index contributed by atoms with van der Waals surface area (Å²) in [4.78, 5) is 4.56. The smallest absolute Gasteiger partial charge is 0.0406 e. The fraction of sp³-hybridized carbons (Fsp3) is 0.667. The van der Waals surface area contributed by atoms with Crippen LogP contribution >= 0.6 is 0 Å². The van der Waals surface area contributed by atoms with Crippen LogP contribution in [0.2, 0.25) is 0 Å². The number of aryl methyl sites for hydroxylation is 2. The Labute approximate surface area is 99.3 Å². The topological polar surface area (TPSA) is 12.9 Å². The highest BCUT2D eigenvalue weighted by atomic mass is 14.7. The Hall–Kier alpha value is -0.850. The first-order chi connectivity index (χ1) is 7.65. The maximum atomic E-state index is 4.56. The summed E-state index contributed by atoms with van der Waals surface area (Å²) in [7, 11) is 0. The molecule has 1 aromatic heterocycles. The number of aromatic nitrogens is 1. The molecule has 0 radical (unpaired) electrons. The van der Waals surface area contributed by atoms with Crippen molar-refractivity contribution in [1.82, 2.24) is 4.98 Å². The molecule has 0 aliphatic heterocycles. The van der Waals surface area contributed by atoms with E-state index in [2.05, 4.69) is 44.0 Å². The van der Waals surface area contributed by atoms with Gasteiger partial charge in [-0.3, -0.25) is 4.98 Å². The number of nitrogens with zero attached hydrogens (tertiary/aromatic N) is 1. The summed E-state index contributed by atoms with van der Waals surface area (Å²) >= 11 is 0. The van der Waals surface area contributed by atoms with E-state index in [1.807, 2.05) is 0 Å². The molecule has 1 nitrogen and oxygen atoms in total. The van der Waals surface area contributed by atoms with Crippen LogP contribution in [0, 0.1) is 24.7 Å². The van der Waals surface area contributed by atoms with Gasteiger partial charge in [0.1, 0.15) is 0 Å². The van der Waals surface area contributed by atoms with E-state index in [0.717, 1.165) is 29.9 Å². The lowest BCUT2D eigenvalue weighted by molar-refractivity contribution is 0.133. The molecule has 1 heteroatoms. The summed E-state index contributed by atoms with van der Waals surface area (Å²) in [5.74, 6) is 2.85. The molecular weight excluding hydrogens is 194 g/mol. The third kappa shape index (κ3) is 2.84. The van der Waals surface area contributed by atoms with E-state index < -0.39 is 0 Å². The maximum Gasteiger partial charge on any atom is 0.0406 e. The second-order valence-electron chi connectivity index (χ2n) is 5.65. The number of hydrogen-bond donors (Lipinski definition) is 0. The molecule has 2 rings (SSSR count). The zero-order valence-electron chi connectivity index (χ0n) is 10.7. The van der Waals surface area contributed by atoms with Gasteiger partial charge in [0.15, 0.2) is 0 Å². The van der Waals surface area contributed by atoms with E-state index in [0.29, 0.717) is 0 Å². The maximum absolute atomic E-state index is 4.56. The lowest BCUT2D eigenvalue weighted by atomic mass is 9.68. The molecule has 88 valence electrons. The Balaban J connectivity index is 1.73. The Bertz CT molecular complexity index is 337. The SMILES string of the molecule is Cc1cccc(CCC2CC(C(C)C)C2)n1. The molecule has 1 aliphatic carbocycles. The molecular formula is C15H23N. The van der Waals surface area contributed by atoms with E-state index in [1.165, 1.54) is 25.0 Å². The van der Waals surface area contributed by atoms with Crippen LogP contribution in [0.4, 0.5) is 0 Å². The molecule has 0 aromatic carbocycles. The predicted molar refractivity (Wildman–Crippen MR) is 68.3 cm³/mol. The lowest BCUT2D eigenvalue weighted by Crippen LogP contribution is -2.28. The van der Waals surface area contributed by atoms with E-state index in [4.69, 9.17) is 0 Å². The Morgan fingerprint density at radius 2 is 2.06 bits per heavy atom. The van der Waals surface area contributed by atoms with Gasteiger partial charge in [-0.1, -0.05) is 19.9 Å². The largest absolute Gasteiger partial charge is 0.258 e. The van der Waals surface area contributed by atoms with Crippen LogP contribution in [-0.2, 0) is 6.42 Å². The standard InChI is InChI=1S/C15H23N/c1-11(2)14-9-13(10-14)7-8-15-6-4-5-12(3)16-15/h4-6,11,13-14H,7-10H2,1-3H3. The van der Waals surface area contributed by atoms with Crippen molar-refractivity contribution in [2.45, 2.75) is 46.5 Å². The minimum Gasteiger partial charge on any atom is -0.258 e. The van der Waals surface area contributed by atoms with Gasteiger partial charge in [-0.2, -0.15) is 0 Å². The summed E-state index contributed by atoms with van der Waals surface area (Å²) in [6, 6.07) is 6.35. The number of hydrogen-bond acceptors (Lipinski definition) is 1. The Kier molecular flexibility index (Phi) is 3.63. The normalized spacial score (nSPS) is 24.5. The van der Waals surface area contributed by atoms with Crippen LogP contribution in [0.3, 0.4) is 0 Å². The highest BCUT2D eigenvalue weighted by molar-refractivity contribution is 5.10. The summed E-state index contributed by atoms with van der Waals surface area (Å²) < 4.78 is 0. The Morgan fingerprint density at radius 3 is 2.69 bits per heavy atom. The first kappa shape index (κ1) is 11.6. The van der Waals surface area contributed by atoms with Crippen LogP contribution in [0.1, 0.15) is 44.5 Å². The molecule has 0 N–H and O–H groups in total. The third-order valence-corrected chi connectivity index (χ3v) is 3.97. The molecule has 1 saturated carbocycles. The summed E-state index contributed by atoms with van der Waals surface area (Å²) in [5.41, 5.74) is 2.42. The molecule has 0 saturated heterocycles. The van der Waals surface area contributed by atoms with Gasteiger partial charge in [0.05, 0.1) is 0 Å². The quantitative estimate of drug-likeness (QED) is 0.742. The van der Waals surface area contributed by atoms with Crippen molar-refractivity contribution in [2.75, 3.05) is 0 Å². The monoisotopic (exact) mass is 217 g/mol. The van der Waals surface area contributed by atoms with Gasteiger partial charge in [-0.05, 0) is 62.5 Å². The van der Waals surface area contributed by atoms with Crippen LogP contribution in [0.25, 0.3) is 0 Å². The van der Waals surface area contributed by atoms with E-state index in [1.54, 1.807) is 0 Å². The molecule has 0 amide bonds. The van der Waals surface area contributed by atoms with Crippen molar-refractivity contribution in [3.8, 4) is 0 Å². The van der Waals surface area contributed by atoms with E-state index in [-0.39, 0.29) is 0 Å². The lowest BCUT2D eigenvalue weighted by Gasteiger charge is -2.38. The van der Waals surface area contributed by atoms with Gasteiger partial charge >= 0.3 is 0 Å². The van der Waals surface area contributed by atoms with E-state index in [9.17, 15) is 0 Å². The molecule has 0 atom stereocenters. The van der Waals surface area contributed by atoms with Crippen molar-refractivity contribution >= 4 is 0 Å². The average molecular weight is 217 g/mol. The average Bonchev–Trinajstić information content (AvgIpc) is 2.14. The second kappa shape index (κ2) is 4.99. The first-order valence-electron chi connectivity index (χ1n) is 6.57. The molecule has 0 unspecified atom stereocenters. The van der Waals surface area contributed by atoms with E-state index >= 15 is 0 Å². The molecule has 1 aliphatic rings. The summed E-state index contributed by atoms with van der Waals surface area (Å²) in [5, 5.41) is 0. The Morgan fingerprint density at radius 1 is 1.31 bits per heavy atom. The van der Waals surface area contributed by atoms with Crippen molar-refractivity contribution in [2.24, 2.45) is 17.8 Å². The molecule has 0 bridgehead atoms. The van der Waals surface area contributed by atoms with Crippen LogP contribution in [0.15, 0.2) is 18.2 Å². The van der Waals surface area contributed by atoms with Crippen LogP contribution in [0.5, 0.6) is 0 Å². The fourth-order valence-electron chi connectivity index (χ4n) is 2.66. The minimum absolute atomic E-state index is 0.883. The van der Waals surface area contributed by atoms with Gasteiger partial charge in [0.25, 0.3) is 0 Å². The summed E-state index contributed by atoms with van der Waals surface area (Å²) in [6.45, 7) is 6.77. The zero-order valence-corrected chi connectivity index (χ0v) is 10.7. The van der Waals surface area contributed by atoms with Crippen molar-refractivity contribution in [3.05, 3.63) is 29.6 Å². The van der Waals surface area contributed by atoms with Crippen LogP contribution < -0.4 is 0 Å².